The van der Waals surface area contributed by atoms with Gasteiger partial charge in [0.05, 0.1) is 0 Å². The molecule has 0 fully saturated rings. The second kappa shape index (κ2) is 902. The predicted octanol–water partition coefficient (Wildman–Crippen LogP) is -0.610. The van der Waals surface area contributed by atoms with Crippen LogP contribution in [0.3, 0.4) is 0 Å². The molecule has 0 N–H and O–H groups in total. The maximum atomic E-state index is 7.50. The van der Waals surface area contributed by atoms with Crippen molar-refractivity contribution in [1.82, 2.24) is 0 Å². The number of rotatable bonds is 0. The first-order valence-electron chi connectivity index (χ1n) is 0.990. The smallest absolute Gasteiger partial charge is 0.281 e. The van der Waals surface area contributed by atoms with E-state index in [1.807, 2.05) is 5.82 Å². The summed E-state index contributed by atoms with van der Waals surface area (Å²) in [7, 11) is 0. The van der Waals surface area contributed by atoms with Gasteiger partial charge < -0.3 is 0 Å². The Labute approximate surface area is 57.3 Å². The van der Waals surface area contributed by atoms with E-state index >= 15 is 0 Å². The molecule has 6 radical (unpaired) electrons. The van der Waals surface area contributed by atoms with Crippen molar-refractivity contribution in [2.75, 3.05) is 0 Å². The molecule has 0 rings (SSSR count). The third-order valence-corrected chi connectivity index (χ3v) is 0. The minimum Gasteiger partial charge on any atom is -0.281 e. The molecule has 0 spiro atoms. The molecule has 0 aliphatic carbocycles. The first kappa shape index (κ1) is 25.8. The van der Waals surface area contributed by atoms with Crippen molar-refractivity contribution in [1.29, 1.82) is 0 Å². The van der Waals surface area contributed by atoms with E-state index in [-0.39, 0.29) is 0 Å². The molecule has 0 aliphatic rings. The Morgan fingerprint density at radius 2 is 0.750 bits per heavy atom. The van der Waals surface area contributed by atoms with Crippen LogP contribution in [-0.2, 0) is 30.4 Å². The molecule has 0 aromatic rings. The molecule has 44 valence electrons. The van der Waals surface area contributed by atoms with Crippen molar-refractivity contribution >= 4 is 20.4 Å². The van der Waals surface area contributed by atoms with Crippen LogP contribution in [0.5, 0.6) is 0 Å². The number of hydrogen-bond donors (Lipinski definition) is 0. The fourth-order valence-corrected chi connectivity index (χ4v) is 0. The molecule has 0 saturated carbocycles. The first-order valence-corrected chi connectivity index (χ1v) is 2.17. The number of carbonyl (C=O) groups excluding carboxylic acids is 3. The van der Waals surface area contributed by atoms with Gasteiger partial charge in [-0.15, -0.1) is 0 Å². The largest absolute Gasteiger partial charge is 0.281 e. The Morgan fingerprint density at radius 3 is 0.750 bits per heavy atom. The topological polar surface area (TPSA) is 51.2 Å². The van der Waals surface area contributed by atoms with E-state index in [9.17, 15) is 0 Å². The minimum atomic E-state index is 1.81. The van der Waals surface area contributed by atoms with Crippen LogP contribution in [0, 0.1) is 0 Å². The molecule has 0 heterocycles. The molecule has 0 aromatic carbocycles. The molecule has 8 heavy (non-hydrogen) atoms. The van der Waals surface area contributed by atoms with Crippen LogP contribution >= 0.6 is 0 Å². The SMILES string of the molecule is [CH3][Mn].[C]=O.[C]=O.[C]=O. The van der Waals surface area contributed by atoms with E-state index in [0.29, 0.717) is 0 Å². The minimum absolute atomic E-state index is 1.81. The zero-order valence-corrected chi connectivity index (χ0v) is 5.28. The van der Waals surface area contributed by atoms with Crippen LogP contribution in [0.1, 0.15) is 0 Å². The molecule has 0 aromatic heterocycles. The van der Waals surface area contributed by atoms with E-state index in [1.165, 1.54) is 0 Å². The predicted molar refractivity (Wildman–Crippen MR) is 22.9 cm³/mol. The molecule has 0 bridgehead atoms. The van der Waals surface area contributed by atoms with Gasteiger partial charge in [0.2, 0.25) is 0 Å². The summed E-state index contributed by atoms with van der Waals surface area (Å²) in [5, 5.41) is 0. The van der Waals surface area contributed by atoms with E-state index in [0.717, 1.165) is 0 Å². The zero-order valence-electron chi connectivity index (χ0n) is 4.10. The van der Waals surface area contributed by atoms with Crippen LogP contribution in [0.15, 0.2) is 0 Å². The van der Waals surface area contributed by atoms with Gasteiger partial charge >= 0.3 is 21.8 Å². The summed E-state index contributed by atoms with van der Waals surface area (Å²) in [5.74, 6) is 1.81. The quantitative estimate of drug-likeness (QED) is 0.437. The van der Waals surface area contributed by atoms with E-state index in [4.69, 9.17) is 14.4 Å². The van der Waals surface area contributed by atoms with Crippen LogP contribution in [-0.4, -0.2) is 20.4 Å². The Bertz CT molecular complexity index is 16.0. The van der Waals surface area contributed by atoms with E-state index in [1.54, 1.807) is 0 Å². The fourth-order valence-electron chi connectivity index (χ4n) is 0. The van der Waals surface area contributed by atoms with Gasteiger partial charge in [0.25, 0.3) is 20.4 Å². The van der Waals surface area contributed by atoms with E-state index in [2.05, 4.69) is 36.4 Å². The normalized spacial score (nSPS) is 2.25. The average Bonchev–Trinajstić information content (AvgIpc) is 2.03. The Balaban J connectivity index is -0.0000000133. The molecule has 4 heteroatoms. The number of hydrogen-bond acceptors (Lipinski definition) is 3. The zero-order chi connectivity index (χ0) is 8.00. The molecule has 0 unspecified atom stereocenters. The van der Waals surface area contributed by atoms with Crippen LogP contribution < -0.4 is 0 Å². The van der Waals surface area contributed by atoms with Gasteiger partial charge in [-0.1, -0.05) is 0 Å². The maximum absolute atomic E-state index is 7.50. The Hall–Kier alpha value is -0.471. The monoisotopic (exact) mass is 154 g/mol. The summed E-state index contributed by atoms with van der Waals surface area (Å²) < 4.78 is 0. The van der Waals surface area contributed by atoms with Crippen LogP contribution in [0.2, 0.25) is 5.82 Å². The molecule has 0 atom stereocenters. The summed E-state index contributed by atoms with van der Waals surface area (Å²) in [4.78, 5) is 22.5. The molecule has 0 amide bonds. The van der Waals surface area contributed by atoms with Gasteiger partial charge in [-0.3, -0.25) is 14.4 Å². The third-order valence-electron chi connectivity index (χ3n) is 0. The second-order valence-corrected chi connectivity index (χ2v) is 0. The molecular formula is C4H3MnO3. The van der Waals surface area contributed by atoms with Crippen molar-refractivity contribution in [2.24, 2.45) is 0 Å². The molecule has 0 saturated heterocycles. The summed E-state index contributed by atoms with van der Waals surface area (Å²) in [6.45, 7) is 13.5. The summed E-state index contributed by atoms with van der Waals surface area (Å²) >= 11 is 2.94. The van der Waals surface area contributed by atoms with Gasteiger partial charge in [0, 0.05) is 0 Å². The van der Waals surface area contributed by atoms with Crippen LogP contribution in [0.4, 0.5) is 0 Å². The van der Waals surface area contributed by atoms with Gasteiger partial charge in [-0.2, -0.15) is 0 Å². The van der Waals surface area contributed by atoms with Gasteiger partial charge in [-0.25, -0.2) is 0 Å². The summed E-state index contributed by atoms with van der Waals surface area (Å²) in [6.07, 6.45) is 0. The maximum Gasteiger partial charge on any atom is 0.281 e. The van der Waals surface area contributed by atoms with Gasteiger partial charge in [0.1, 0.15) is 0 Å². The Kier molecular flexibility index (Phi) is 2900. The summed E-state index contributed by atoms with van der Waals surface area (Å²) in [5.41, 5.74) is 0. The molecular weight excluding hydrogens is 151 g/mol. The third kappa shape index (κ3) is 512. The van der Waals surface area contributed by atoms with Gasteiger partial charge in [0.15, 0.2) is 0 Å². The second-order valence-electron chi connectivity index (χ2n) is 0. The first-order chi connectivity index (χ1) is 4.00. The standard InChI is InChI=1S/3CO.CH3.Mn/c3*1-2;;/h;;;1H3;. The van der Waals surface area contributed by atoms with Crippen molar-refractivity contribution in [3.63, 3.8) is 0 Å². The van der Waals surface area contributed by atoms with Crippen molar-refractivity contribution in [3.8, 4) is 0 Å². The van der Waals surface area contributed by atoms with Crippen molar-refractivity contribution in [3.05, 3.63) is 0 Å². The van der Waals surface area contributed by atoms with E-state index < -0.39 is 0 Å². The average molecular weight is 154 g/mol. The fraction of sp³-hybridized carbons (Fsp3) is 0.250. The van der Waals surface area contributed by atoms with Gasteiger partial charge in [-0.05, 0) is 0 Å². The van der Waals surface area contributed by atoms with Crippen molar-refractivity contribution < 1.29 is 30.4 Å². The molecule has 3 nitrogen and oxygen atoms in total. The molecule has 0 aliphatic heterocycles. The van der Waals surface area contributed by atoms with Crippen LogP contribution in [0.25, 0.3) is 0 Å². The van der Waals surface area contributed by atoms with Crippen molar-refractivity contribution in [2.45, 2.75) is 5.82 Å². The Morgan fingerprint density at radius 1 is 0.750 bits per heavy atom. The summed E-state index contributed by atoms with van der Waals surface area (Å²) in [6, 6.07) is 0.